The van der Waals surface area contributed by atoms with Crippen molar-refractivity contribution >= 4 is 11.7 Å². The minimum absolute atomic E-state index is 0.0414. The fourth-order valence-electron chi connectivity index (χ4n) is 3.94. The number of esters is 1. The van der Waals surface area contributed by atoms with Crippen molar-refractivity contribution in [3.05, 3.63) is 41.2 Å². The highest BCUT2D eigenvalue weighted by Crippen LogP contribution is 2.41. The third kappa shape index (κ3) is 3.07. The summed E-state index contributed by atoms with van der Waals surface area (Å²) in [5.41, 5.74) is 7.93. The first-order valence-corrected chi connectivity index (χ1v) is 8.61. The summed E-state index contributed by atoms with van der Waals surface area (Å²) in [6, 6.07) is 7.54. The number of aliphatic hydroxyl groups is 1. The van der Waals surface area contributed by atoms with E-state index in [0.717, 1.165) is 44.1 Å². The van der Waals surface area contributed by atoms with Gasteiger partial charge in [0.15, 0.2) is 0 Å². The molecule has 0 bridgehead atoms. The largest absolute Gasteiger partial charge is 0.511 e. The van der Waals surface area contributed by atoms with Crippen LogP contribution in [0.25, 0.3) is 0 Å². The summed E-state index contributed by atoms with van der Waals surface area (Å²) >= 11 is 0. The van der Waals surface area contributed by atoms with Gasteiger partial charge in [0.25, 0.3) is 0 Å². The van der Waals surface area contributed by atoms with Gasteiger partial charge in [0.2, 0.25) is 0 Å². The maximum atomic E-state index is 12.6. The molecule has 1 aliphatic heterocycles. The summed E-state index contributed by atoms with van der Waals surface area (Å²) < 4.78 is 5.70. The van der Waals surface area contributed by atoms with E-state index >= 15 is 0 Å². The van der Waals surface area contributed by atoms with E-state index in [0.29, 0.717) is 11.3 Å². The highest BCUT2D eigenvalue weighted by molar-refractivity contribution is 5.92. The Morgan fingerprint density at radius 2 is 2.09 bits per heavy atom. The summed E-state index contributed by atoms with van der Waals surface area (Å²) in [6.45, 7) is 2.01. The Hall–Kier alpha value is -1.97. The van der Waals surface area contributed by atoms with E-state index < -0.39 is 0 Å². The van der Waals surface area contributed by atoms with Crippen LogP contribution < -0.4 is 5.73 Å². The number of nitrogens with two attached hydrogens (primary N) is 1. The number of fused-ring (bicyclic) bond motifs is 1. The maximum Gasteiger partial charge on any atom is 0.338 e. The quantitative estimate of drug-likeness (QED) is 0.651. The third-order valence-electron chi connectivity index (χ3n) is 5.13. The molecule has 1 aromatic carbocycles. The second-order valence-electron chi connectivity index (χ2n) is 6.62. The van der Waals surface area contributed by atoms with Crippen LogP contribution in [-0.4, -0.2) is 17.2 Å². The molecule has 3 rings (SSSR count). The molecule has 23 heavy (non-hydrogen) atoms. The van der Waals surface area contributed by atoms with Crippen LogP contribution in [0.15, 0.2) is 35.6 Å². The predicted molar refractivity (Wildman–Crippen MR) is 90.0 cm³/mol. The number of hydrogen-bond donors (Lipinski definition) is 2. The van der Waals surface area contributed by atoms with Gasteiger partial charge in [-0.25, -0.2) is 4.79 Å². The van der Waals surface area contributed by atoms with Crippen molar-refractivity contribution in [2.45, 2.75) is 57.5 Å². The molecule has 0 radical (unpaired) electrons. The van der Waals surface area contributed by atoms with Crippen LogP contribution >= 0.6 is 0 Å². The second kappa shape index (κ2) is 6.65. The fourth-order valence-corrected chi connectivity index (χ4v) is 3.94. The molecule has 0 saturated heterocycles. The highest BCUT2D eigenvalue weighted by Gasteiger charge is 2.40. The zero-order chi connectivity index (χ0) is 16.4. The number of ether oxygens (including phenoxy) is 1. The highest BCUT2D eigenvalue weighted by atomic mass is 16.5. The lowest BCUT2D eigenvalue weighted by molar-refractivity contribution is -0.150. The average molecular weight is 315 g/mol. The molecule has 1 fully saturated rings. The van der Waals surface area contributed by atoms with E-state index in [4.69, 9.17) is 10.5 Å². The van der Waals surface area contributed by atoms with Crippen molar-refractivity contribution in [2.75, 3.05) is 5.73 Å². The van der Waals surface area contributed by atoms with E-state index in [-0.39, 0.29) is 29.7 Å². The van der Waals surface area contributed by atoms with Gasteiger partial charge >= 0.3 is 5.97 Å². The van der Waals surface area contributed by atoms with Gasteiger partial charge in [-0.15, -0.1) is 0 Å². The molecule has 124 valence electrons. The Bertz CT molecular complexity index is 623. The molecule has 0 aromatic heterocycles. The average Bonchev–Trinajstić information content (AvgIpc) is 2.77. The Morgan fingerprint density at radius 3 is 2.83 bits per heavy atom. The first-order valence-electron chi connectivity index (χ1n) is 8.61. The predicted octanol–water partition coefficient (Wildman–Crippen LogP) is 4.08. The summed E-state index contributed by atoms with van der Waals surface area (Å²) in [5.74, 6) is -0.321. The molecule has 1 aliphatic carbocycles. The normalized spacial score (nSPS) is 26.2. The molecule has 2 aliphatic rings. The molecule has 3 N–H and O–H groups in total. The monoisotopic (exact) mass is 315 g/mol. The lowest BCUT2D eigenvalue weighted by Crippen LogP contribution is -2.36. The van der Waals surface area contributed by atoms with E-state index in [1.54, 1.807) is 0 Å². The van der Waals surface area contributed by atoms with Crippen molar-refractivity contribution in [1.82, 2.24) is 0 Å². The smallest absolute Gasteiger partial charge is 0.338 e. The first-order chi connectivity index (χ1) is 11.1. The summed E-state index contributed by atoms with van der Waals surface area (Å²) in [7, 11) is 0. The lowest BCUT2D eigenvalue weighted by Gasteiger charge is -2.33. The van der Waals surface area contributed by atoms with Crippen LogP contribution in [-0.2, 0) is 9.53 Å². The van der Waals surface area contributed by atoms with Gasteiger partial charge in [-0.3, -0.25) is 0 Å². The topological polar surface area (TPSA) is 72.5 Å². The van der Waals surface area contributed by atoms with Gasteiger partial charge in [-0.1, -0.05) is 31.9 Å². The standard InChI is InChI=1S/C19H25NO3/c1-2-14(12-7-6-8-13(20)11-12)17-18(21)15-9-4-3-5-10-16(15)23-19(17)22/h6-8,11,14-16,21H,2-5,9-10,20H2,1H3. The molecule has 4 nitrogen and oxygen atoms in total. The van der Waals surface area contributed by atoms with Crippen LogP contribution in [0.4, 0.5) is 5.69 Å². The van der Waals surface area contributed by atoms with Crippen molar-refractivity contribution in [1.29, 1.82) is 0 Å². The molecule has 0 amide bonds. The summed E-state index contributed by atoms with van der Waals surface area (Å²) in [4.78, 5) is 12.6. The number of nitrogen functional groups attached to an aromatic ring is 1. The zero-order valence-corrected chi connectivity index (χ0v) is 13.6. The van der Waals surface area contributed by atoms with Gasteiger partial charge < -0.3 is 15.6 Å². The SMILES string of the molecule is CCC(C1=C(O)C2CCCCCC2OC1=O)c1cccc(N)c1. The number of aliphatic hydroxyl groups excluding tert-OH is 1. The number of carbonyl (C=O) groups excluding carboxylic acids is 1. The molecule has 3 atom stereocenters. The van der Waals surface area contributed by atoms with Crippen LogP contribution in [0, 0.1) is 5.92 Å². The van der Waals surface area contributed by atoms with Crippen LogP contribution in [0.2, 0.25) is 0 Å². The van der Waals surface area contributed by atoms with Crippen molar-refractivity contribution in [3.8, 4) is 0 Å². The van der Waals surface area contributed by atoms with Crippen LogP contribution in [0.1, 0.15) is 56.9 Å². The number of rotatable bonds is 3. The third-order valence-corrected chi connectivity index (χ3v) is 5.13. The Balaban J connectivity index is 2.00. The Labute approximate surface area is 137 Å². The molecular formula is C19H25NO3. The molecule has 1 saturated carbocycles. The van der Waals surface area contributed by atoms with Crippen LogP contribution in [0.3, 0.4) is 0 Å². The van der Waals surface area contributed by atoms with E-state index in [1.165, 1.54) is 0 Å². The number of carbonyl (C=O) groups is 1. The van der Waals surface area contributed by atoms with Gasteiger partial charge in [-0.2, -0.15) is 0 Å². The van der Waals surface area contributed by atoms with Gasteiger partial charge in [0, 0.05) is 11.6 Å². The molecule has 1 heterocycles. The molecule has 3 unspecified atom stereocenters. The van der Waals surface area contributed by atoms with Crippen molar-refractivity contribution in [2.24, 2.45) is 5.92 Å². The van der Waals surface area contributed by atoms with Crippen molar-refractivity contribution < 1.29 is 14.6 Å². The van der Waals surface area contributed by atoms with Gasteiger partial charge in [0.1, 0.15) is 11.9 Å². The molecule has 4 heteroatoms. The van der Waals surface area contributed by atoms with Crippen LogP contribution in [0.5, 0.6) is 0 Å². The fraction of sp³-hybridized carbons (Fsp3) is 0.526. The van der Waals surface area contributed by atoms with Crippen molar-refractivity contribution in [3.63, 3.8) is 0 Å². The Morgan fingerprint density at radius 1 is 1.30 bits per heavy atom. The lowest BCUT2D eigenvalue weighted by atomic mass is 9.81. The van der Waals surface area contributed by atoms with E-state index in [1.807, 2.05) is 31.2 Å². The summed E-state index contributed by atoms with van der Waals surface area (Å²) in [6.07, 6.45) is 5.57. The number of benzene rings is 1. The minimum atomic E-state index is -0.361. The second-order valence-corrected chi connectivity index (χ2v) is 6.62. The van der Waals surface area contributed by atoms with E-state index in [2.05, 4.69) is 0 Å². The maximum absolute atomic E-state index is 12.6. The first kappa shape index (κ1) is 15.9. The number of anilines is 1. The molecular weight excluding hydrogens is 290 g/mol. The Kier molecular flexibility index (Phi) is 4.60. The van der Waals surface area contributed by atoms with Gasteiger partial charge in [0.05, 0.1) is 11.5 Å². The number of hydrogen-bond acceptors (Lipinski definition) is 4. The summed E-state index contributed by atoms with van der Waals surface area (Å²) in [5, 5.41) is 10.8. The van der Waals surface area contributed by atoms with E-state index in [9.17, 15) is 9.90 Å². The molecule has 1 aromatic rings. The van der Waals surface area contributed by atoms with Gasteiger partial charge in [-0.05, 0) is 43.4 Å². The molecule has 0 spiro atoms. The zero-order valence-electron chi connectivity index (χ0n) is 13.6. The minimum Gasteiger partial charge on any atom is -0.511 e.